The van der Waals surface area contributed by atoms with Crippen molar-refractivity contribution >= 4 is 0 Å². The van der Waals surface area contributed by atoms with Crippen LogP contribution in [0, 0.1) is 0 Å². The maximum atomic E-state index is 4.72. The third-order valence-electron chi connectivity index (χ3n) is 4.90. The Bertz CT molecular complexity index is 656. The van der Waals surface area contributed by atoms with Crippen LogP contribution in [0.1, 0.15) is 42.7 Å². The molecule has 1 N–H and O–H groups in total. The van der Waals surface area contributed by atoms with E-state index in [2.05, 4.69) is 52.4 Å². The second-order valence-corrected chi connectivity index (χ2v) is 6.29. The predicted molar refractivity (Wildman–Crippen MR) is 91.2 cm³/mol. The summed E-state index contributed by atoms with van der Waals surface area (Å²) in [5.74, 6) is 1.14. The summed E-state index contributed by atoms with van der Waals surface area (Å²) in [4.78, 5) is 7.13. The molecule has 6 heteroatoms. The van der Waals surface area contributed by atoms with Crippen LogP contribution >= 0.6 is 0 Å². The van der Waals surface area contributed by atoms with E-state index in [-0.39, 0.29) is 0 Å². The van der Waals surface area contributed by atoms with Gasteiger partial charge in [0.05, 0.1) is 11.7 Å². The van der Waals surface area contributed by atoms with Gasteiger partial charge in [0.1, 0.15) is 5.82 Å². The number of aromatic nitrogens is 4. The van der Waals surface area contributed by atoms with Crippen LogP contribution in [0.3, 0.4) is 0 Å². The van der Waals surface area contributed by atoms with Crippen LogP contribution in [0.25, 0.3) is 0 Å². The normalized spacial score (nSPS) is 19.4. The smallest absolute Gasteiger partial charge is 0.127 e. The SMILES string of the molecule is CCc1nn(C)c(CC)c1CN1CCNCC1c1nccn1C. The van der Waals surface area contributed by atoms with Gasteiger partial charge in [-0.1, -0.05) is 13.8 Å². The van der Waals surface area contributed by atoms with Gasteiger partial charge in [-0.3, -0.25) is 9.58 Å². The lowest BCUT2D eigenvalue weighted by Gasteiger charge is -2.35. The Morgan fingerprint density at radius 2 is 2.09 bits per heavy atom. The van der Waals surface area contributed by atoms with Gasteiger partial charge in [-0.15, -0.1) is 0 Å². The van der Waals surface area contributed by atoms with Crippen LogP contribution < -0.4 is 5.32 Å². The van der Waals surface area contributed by atoms with Gasteiger partial charge in [-0.2, -0.15) is 5.10 Å². The van der Waals surface area contributed by atoms with Gasteiger partial charge in [0.2, 0.25) is 0 Å². The van der Waals surface area contributed by atoms with E-state index < -0.39 is 0 Å². The molecule has 0 radical (unpaired) electrons. The van der Waals surface area contributed by atoms with E-state index in [0.29, 0.717) is 6.04 Å². The van der Waals surface area contributed by atoms with E-state index in [1.54, 1.807) is 0 Å². The molecule has 3 heterocycles. The molecule has 0 amide bonds. The molecular weight excluding hydrogens is 288 g/mol. The summed E-state index contributed by atoms with van der Waals surface area (Å²) >= 11 is 0. The molecule has 126 valence electrons. The highest BCUT2D eigenvalue weighted by Gasteiger charge is 2.28. The summed E-state index contributed by atoms with van der Waals surface area (Å²) in [5.41, 5.74) is 4.01. The number of hydrogen-bond acceptors (Lipinski definition) is 4. The van der Waals surface area contributed by atoms with Crippen LogP contribution in [0.4, 0.5) is 0 Å². The third kappa shape index (κ3) is 3.05. The number of hydrogen-bond donors (Lipinski definition) is 1. The fraction of sp³-hybridized carbons (Fsp3) is 0.647. The van der Waals surface area contributed by atoms with Crippen molar-refractivity contribution in [2.24, 2.45) is 14.1 Å². The van der Waals surface area contributed by atoms with E-state index in [9.17, 15) is 0 Å². The van der Waals surface area contributed by atoms with Crippen molar-refractivity contribution in [1.29, 1.82) is 0 Å². The first kappa shape index (κ1) is 16.2. The molecular formula is C17H28N6. The Hall–Kier alpha value is -1.66. The minimum atomic E-state index is 0.318. The molecule has 0 aromatic carbocycles. The van der Waals surface area contributed by atoms with Gasteiger partial charge >= 0.3 is 0 Å². The summed E-state index contributed by atoms with van der Waals surface area (Å²) in [6.45, 7) is 8.39. The first-order valence-electron chi connectivity index (χ1n) is 8.61. The molecule has 23 heavy (non-hydrogen) atoms. The molecule has 6 nitrogen and oxygen atoms in total. The highest BCUT2D eigenvalue weighted by molar-refractivity contribution is 5.27. The fourth-order valence-corrected chi connectivity index (χ4v) is 3.66. The van der Waals surface area contributed by atoms with Crippen LogP contribution in [-0.2, 0) is 33.5 Å². The molecule has 0 spiro atoms. The Labute approximate surface area is 138 Å². The van der Waals surface area contributed by atoms with Gasteiger partial charge < -0.3 is 9.88 Å². The minimum Gasteiger partial charge on any atom is -0.337 e. The number of imidazole rings is 1. The average molecular weight is 316 g/mol. The third-order valence-corrected chi connectivity index (χ3v) is 4.90. The second-order valence-electron chi connectivity index (χ2n) is 6.29. The number of aryl methyl sites for hydroxylation is 3. The molecule has 2 aromatic rings. The molecule has 1 saturated heterocycles. The molecule has 1 fully saturated rings. The Kier molecular flexibility index (Phi) is 4.82. The first-order valence-corrected chi connectivity index (χ1v) is 8.61. The number of nitrogens with one attached hydrogen (secondary N) is 1. The molecule has 1 atom stereocenters. The highest BCUT2D eigenvalue weighted by Crippen LogP contribution is 2.25. The predicted octanol–water partition coefficient (Wildman–Crippen LogP) is 1.42. The van der Waals surface area contributed by atoms with Gasteiger partial charge in [0.25, 0.3) is 0 Å². The van der Waals surface area contributed by atoms with Crippen molar-refractivity contribution < 1.29 is 0 Å². The van der Waals surface area contributed by atoms with Crippen molar-refractivity contribution in [1.82, 2.24) is 29.5 Å². The maximum absolute atomic E-state index is 4.72. The first-order chi connectivity index (χ1) is 11.2. The lowest BCUT2D eigenvalue weighted by atomic mass is 10.1. The van der Waals surface area contributed by atoms with E-state index in [1.165, 1.54) is 17.0 Å². The van der Waals surface area contributed by atoms with Crippen molar-refractivity contribution in [2.75, 3.05) is 19.6 Å². The van der Waals surface area contributed by atoms with Gasteiger partial charge in [0.15, 0.2) is 0 Å². The summed E-state index contributed by atoms with van der Waals surface area (Å²) < 4.78 is 4.20. The standard InChI is InChI=1S/C17H28N6/c1-5-14-13(15(6-2)22(4)20-14)12-23-10-7-18-11-16(23)17-19-8-9-21(17)3/h8-9,16,18H,5-7,10-12H2,1-4H3. The summed E-state index contributed by atoms with van der Waals surface area (Å²) in [7, 11) is 4.14. The molecule has 0 saturated carbocycles. The summed E-state index contributed by atoms with van der Waals surface area (Å²) in [5, 5.41) is 8.24. The van der Waals surface area contributed by atoms with Crippen molar-refractivity contribution in [3.8, 4) is 0 Å². The zero-order chi connectivity index (χ0) is 16.4. The molecule has 3 rings (SSSR count). The second kappa shape index (κ2) is 6.84. The van der Waals surface area contributed by atoms with E-state index in [1.807, 2.05) is 12.4 Å². The minimum absolute atomic E-state index is 0.318. The Balaban J connectivity index is 1.90. The van der Waals surface area contributed by atoms with E-state index in [4.69, 9.17) is 5.10 Å². The lowest BCUT2D eigenvalue weighted by Crippen LogP contribution is -2.46. The van der Waals surface area contributed by atoms with Crippen molar-refractivity contribution in [3.63, 3.8) is 0 Å². The van der Waals surface area contributed by atoms with Gasteiger partial charge in [-0.25, -0.2) is 4.98 Å². The quantitative estimate of drug-likeness (QED) is 0.906. The van der Waals surface area contributed by atoms with Crippen molar-refractivity contribution in [3.05, 3.63) is 35.2 Å². The zero-order valence-electron chi connectivity index (χ0n) is 14.7. The molecule has 0 aliphatic carbocycles. The van der Waals surface area contributed by atoms with E-state index in [0.717, 1.165) is 44.8 Å². The molecule has 1 aliphatic rings. The largest absolute Gasteiger partial charge is 0.337 e. The van der Waals surface area contributed by atoms with Crippen molar-refractivity contribution in [2.45, 2.75) is 39.3 Å². The fourth-order valence-electron chi connectivity index (χ4n) is 3.66. The van der Waals surface area contributed by atoms with Crippen LogP contribution in [-0.4, -0.2) is 43.9 Å². The van der Waals surface area contributed by atoms with Gasteiger partial charge in [0, 0.05) is 63.9 Å². The molecule has 2 aromatic heterocycles. The lowest BCUT2D eigenvalue weighted by molar-refractivity contribution is 0.144. The Morgan fingerprint density at radius 3 is 2.74 bits per heavy atom. The van der Waals surface area contributed by atoms with Crippen LogP contribution in [0.2, 0.25) is 0 Å². The van der Waals surface area contributed by atoms with Crippen LogP contribution in [0.15, 0.2) is 12.4 Å². The highest BCUT2D eigenvalue weighted by atomic mass is 15.3. The Morgan fingerprint density at radius 1 is 1.26 bits per heavy atom. The van der Waals surface area contributed by atoms with Gasteiger partial charge in [-0.05, 0) is 12.8 Å². The maximum Gasteiger partial charge on any atom is 0.127 e. The number of rotatable bonds is 5. The van der Waals surface area contributed by atoms with E-state index >= 15 is 0 Å². The average Bonchev–Trinajstić information content (AvgIpc) is 3.11. The number of piperazine rings is 1. The summed E-state index contributed by atoms with van der Waals surface area (Å²) in [6, 6.07) is 0.318. The van der Waals surface area contributed by atoms with Crippen LogP contribution in [0.5, 0.6) is 0 Å². The monoisotopic (exact) mass is 316 g/mol. The molecule has 1 unspecified atom stereocenters. The topological polar surface area (TPSA) is 50.9 Å². The summed E-state index contributed by atoms with van der Waals surface area (Å²) in [6.07, 6.45) is 5.93. The molecule has 1 aliphatic heterocycles. The zero-order valence-corrected chi connectivity index (χ0v) is 14.7. The number of nitrogens with zero attached hydrogens (tertiary/aromatic N) is 5. The molecule has 0 bridgehead atoms.